The van der Waals surface area contributed by atoms with Crippen LogP contribution in [0.15, 0.2) is 11.2 Å². The predicted octanol–water partition coefficient (Wildman–Crippen LogP) is 0.365. The van der Waals surface area contributed by atoms with E-state index in [1.807, 2.05) is 6.92 Å². The maximum atomic E-state index is 12.4. The molecule has 1 aliphatic carbocycles. The van der Waals surface area contributed by atoms with Crippen molar-refractivity contribution in [3.05, 3.63) is 11.8 Å². The number of H-pyrrole nitrogens is 1. The molecule has 0 saturated heterocycles. The largest absolute Gasteiger partial charge is 0.381 e. The fraction of sp³-hybridized carbons (Fsp3) is 0.750. The minimum absolute atomic E-state index is 0.0692. The summed E-state index contributed by atoms with van der Waals surface area (Å²) < 4.78 is 32.7. The van der Waals surface area contributed by atoms with Crippen molar-refractivity contribution in [3.8, 4) is 0 Å². The van der Waals surface area contributed by atoms with Crippen LogP contribution in [0.2, 0.25) is 0 Å². The standard InChI is InChI=1S/C12H22N4O3S/c1-3-13-7-9-8-14-15-12(9)20(17,18)16-10-4-5-11(6-10)19-2/h8,10-11,13,16H,3-7H2,1-2H3,(H,14,15). The highest BCUT2D eigenvalue weighted by Gasteiger charge is 2.30. The highest BCUT2D eigenvalue weighted by molar-refractivity contribution is 7.89. The molecule has 2 rings (SSSR count). The fourth-order valence-electron chi connectivity index (χ4n) is 2.46. The zero-order valence-electron chi connectivity index (χ0n) is 11.8. The zero-order chi connectivity index (χ0) is 14.6. The van der Waals surface area contributed by atoms with E-state index in [1.54, 1.807) is 13.3 Å². The molecule has 3 N–H and O–H groups in total. The van der Waals surface area contributed by atoms with Crippen LogP contribution < -0.4 is 10.0 Å². The maximum absolute atomic E-state index is 12.4. The van der Waals surface area contributed by atoms with E-state index >= 15 is 0 Å². The molecule has 0 bridgehead atoms. The quantitative estimate of drug-likeness (QED) is 0.676. The summed E-state index contributed by atoms with van der Waals surface area (Å²) >= 11 is 0. The Morgan fingerprint density at radius 2 is 2.30 bits per heavy atom. The van der Waals surface area contributed by atoms with Crippen molar-refractivity contribution < 1.29 is 13.2 Å². The normalized spacial score (nSPS) is 23.3. The van der Waals surface area contributed by atoms with Crippen molar-refractivity contribution in [2.24, 2.45) is 0 Å². The number of nitrogens with one attached hydrogen (secondary N) is 3. The van der Waals surface area contributed by atoms with Crippen LogP contribution >= 0.6 is 0 Å². The topological polar surface area (TPSA) is 96.1 Å². The third-order valence-corrected chi connectivity index (χ3v) is 5.09. The van der Waals surface area contributed by atoms with Crippen LogP contribution in [0, 0.1) is 0 Å². The Kier molecular flexibility index (Phi) is 5.14. The van der Waals surface area contributed by atoms with E-state index in [0.29, 0.717) is 18.5 Å². The van der Waals surface area contributed by atoms with Crippen LogP contribution in [0.3, 0.4) is 0 Å². The Hall–Kier alpha value is -0.960. The van der Waals surface area contributed by atoms with E-state index in [-0.39, 0.29) is 17.2 Å². The lowest BCUT2D eigenvalue weighted by Crippen LogP contribution is -2.34. The van der Waals surface area contributed by atoms with Crippen molar-refractivity contribution in [1.82, 2.24) is 20.2 Å². The van der Waals surface area contributed by atoms with Gasteiger partial charge in [0.25, 0.3) is 10.0 Å². The summed E-state index contributed by atoms with van der Waals surface area (Å²) in [4.78, 5) is 0. The van der Waals surface area contributed by atoms with Crippen LogP contribution in [0.25, 0.3) is 0 Å². The minimum Gasteiger partial charge on any atom is -0.381 e. The van der Waals surface area contributed by atoms with Gasteiger partial charge in [0.1, 0.15) is 0 Å². The lowest BCUT2D eigenvalue weighted by atomic mass is 10.3. The molecule has 1 aromatic heterocycles. The summed E-state index contributed by atoms with van der Waals surface area (Å²) in [5.41, 5.74) is 0.653. The highest BCUT2D eigenvalue weighted by atomic mass is 32.2. The van der Waals surface area contributed by atoms with Gasteiger partial charge in [-0.2, -0.15) is 5.10 Å². The summed E-state index contributed by atoms with van der Waals surface area (Å²) in [6.07, 6.45) is 4.09. The van der Waals surface area contributed by atoms with Gasteiger partial charge >= 0.3 is 0 Å². The summed E-state index contributed by atoms with van der Waals surface area (Å²) in [5.74, 6) is 0. The van der Waals surface area contributed by atoms with Crippen LogP contribution in [-0.4, -0.2) is 44.4 Å². The molecule has 2 unspecified atom stereocenters. The second kappa shape index (κ2) is 6.66. The molecule has 1 heterocycles. The monoisotopic (exact) mass is 302 g/mol. The van der Waals surface area contributed by atoms with Gasteiger partial charge in [-0.05, 0) is 25.8 Å². The van der Waals surface area contributed by atoms with Crippen LogP contribution in [0.5, 0.6) is 0 Å². The zero-order valence-corrected chi connectivity index (χ0v) is 12.7. The van der Waals surface area contributed by atoms with Crippen molar-refractivity contribution in [2.45, 2.75) is 49.9 Å². The lowest BCUT2D eigenvalue weighted by Gasteiger charge is -2.13. The second-order valence-electron chi connectivity index (χ2n) is 4.99. The average Bonchev–Trinajstić information content (AvgIpc) is 3.04. The molecule has 114 valence electrons. The molecule has 0 aliphatic heterocycles. The first-order chi connectivity index (χ1) is 9.56. The van der Waals surface area contributed by atoms with Gasteiger partial charge in [0.15, 0.2) is 5.03 Å². The maximum Gasteiger partial charge on any atom is 0.258 e. The number of sulfonamides is 1. The smallest absolute Gasteiger partial charge is 0.258 e. The van der Waals surface area contributed by atoms with Gasteiger partial charge in [-0.25, -0.2) is 13.1 Å². The number of aromatic amines is 1. The number of rotatable bonds is 7. The van der Waals surface area contributed by atoms with Gasteiger partial charge < -0.3 is 10.1 Å². The Balaban J connectivity index is 2.05. The van der Waals surface area contributed by atoms with Gasteiger partial charge in [-0.15, -0.1) is 0 Å². The number of methoxy groups -OCH3 is 1. The molecule has 0 radical (unpaired) electrons. The SMILES string of the molecule is CCNCc1cn[nH]c1S(=O)(=O)NC1CCC(OC)C1. The fourth-order valence-corrected chi connectivity index (χ4v) is 3.87. The summed E-state index contributed by atoms with van der Waals surface area (Å²) in [5, 5.41) is 9.67. The van der Waals surface area contributed by atoms with E-state index < -0.39 is 10.0 Å². The number of hydrogen-bond donors (Lipinski definition) is 3. The predicted molar refractivity (Wildman–Crippen MR) is 74.7 cm³/mol. The number of ether oxygens (including phenoxy) is 1. The third-order valence-electron chi connectivity index (χ3n) is 3.55. The highest BCUT2D eigenvalue weighted by Crippen LogP contribution is 2.23. The Morgan fingerprint density at radius 3 is 2.95 bits per heavy atom. The first-order valence-electron chi connectivity index (χ1n) is 6.85. The summed E-state index contributed by atoms with van der Waals surface area (Å²) in [6, 6.07) is -0.0692. The second-order valence-corrected chi connectivity index (χ2v) is 6.64. The molecular formula is C12H22N4O3S. The summed E-state index contributed by atoms with van der Waals surface area (Å²) in [6.45, 7) is 3.22. The van der Waals surface area contributed by atoms with E-state index in [0.717, 1.165) is 19.4 Å². The van der Waals surface area contributed by atoms with Crippen LogP contribution in [0.4, 0.5) is 0 Å². The van der Waals surface area contributed by atoms with Gasteiger partial charge in [0.2, 0.25) is 0 Å². The minimum atomic E-state index is -3.56. The number of hydrogen-bond acceptors (Lipinski definition) is 5. The van der Waals surface area contributed by atoms with Gasteiger partial charge in [0, 0.05) is 25.3 Å². The lowest BCUT2D eigenvalue weighted by molar-refractivity contribution is 0.107. The Morgan fingerprint density at radius 1 is 1.50 bits per heavy atom. The average molecular weight is 302 g/mol. The molecule has 1 aromatic rings. The molecular weight excluding hydrogens is 280 g/mol. The van der Waals surface area contributed by atoms with Gasteiger partial charge in [-0.3, -0.25) is 5.10 Å². The number of nitrogens with zero attached hydrogens (tertiary/aromatic N) is 1. The van der Waals surface area contributed by atoms with Crippen LogP contribution in [0.1, 0.15) is 31.7 Å². The molecule has 1 saturated carbocycles. The van der Waals surface area contributed by atoms with Crippen molar-refractivity contribution in [1.29, 1.82) is 0 Å². The molecule has 20 heavy (non-hydrogen) atoms. The first kappa shape index (κ1) is 15.4. The number of aromatic nitrogens is 2. The van der Waals surface area contributed by atoms with Crippen molar-refractivity contribution in [2.75, 3.05) is 13.7 Å². The molecule has 7 nitrogen and oxygen atoms in total. The third kappa shape index (κ3) is 3.57. The van der Waals surface area contributed by atoms with E-state index in [2.05, 4.69) is 20.2 Å². The molecule has 0 spiro atoms. The van der Waals surface area contributed by atoms with Gasteiger partial charge in [-0.1, -0.05) is 6.92 Å². The molecule has 1 fully saturated rings. The first-order valence-corrected chi connectivity index (χ1v) is 8.33. The van der Waals surface area contributed by atoms with Gasteiger partial charge in [0.05, 0.1) is 12.3 Å². The molecule has 1 aliphatic rings. The molecule has 8 heteroatoms. The van der Waals surface area contributed by atoms with E-state index in [4.69, 9.17) is 4.74 Å². The van der Waals surface area contributed by atoms with E-state index in [9.17, 15) is 8.42 Å². The van der Waals surface area contributed by atoms with Crippen LogP contribution in [-0.2, 0) is 21.3 Å². The molecule has 0 amide bonds. The summed E-state index contributed by atoms with van der Waals surface area (Å²) in [7, 11) is -1.90. The Labute approximate surface area is 119 Å². The molecule has 0 aromatic carbocycles. The van der Waals surface area contributed by atoms with Crippen molar-refractivity contribution in [3.63, 3.8) is 0 Å². The Bertz CT molecular complexity index is 529. The van der Waals surface area contributed by atoms with E-state index in [1.165, 1.54) is 0 Å². The molecule has 2 atom stereocenters. The van der Waals surface area contributed by atoms with Crippen molar-refractivity contribution >= 4 is 10.0 Å².